The van der Waals surface area contributed by atoms with Crippen LogP contribution in [-0.4, -0.2) is 21.0 Å². The molecule has 0 saturated heterocycles. The zero-order valence-electron chi connectivity index (χ0n) is 11.6. The second kappa shape index (κ2) is 6.55. The standard InChI is InChI=1S/C14H16Cl2O4S/c1-9-12(6-11(15)7-13(9)21(16,18)19)14(17)20-8-10-4-2-3-5-10/h6-7,10H,2-5,8H2,1H3. The number of hydrogen-bond donors (Lipinski definition) is 0. The third-order valence-corrected chi connectivity index (χ3v) is 5.40. The molecule has 7 heteroatoms. The highest BCUT2D eigenvalue weighted by Crippen LogP contribution is 2.28. The molecule has 21 heavy (non-hydrogen) atoms. The average molecular weight is 351 g/mol. The first-order valence-electron chi connectivity index (χ1n) is 6.71. The van der Waals surface area contributed by atoms with E-state index in [2.05, 4.69) is 0 Å². The topological polar surface area (TPSA) is 60.4 Å². The van der Waals surface area contributed by atoms with Gasteiger partial charge in [0.05, 0.1) is 17.1 Å². The van der Waals surface area contributed by atoms with Gasteiger partial charge >= 0.3 is 5.97 Å². The Bertz CT molecular complexity index is 649. The Kier molecular flexibility index (Phi) is 5.17. The lowest BCUT2D eigenvalue weighted by Gasteiger charge is -2.13. The first-order valence-corrected chi connectivity index (χ1v) is 9.39. The third kappa shape index (κ3) is 4.11. The van der Waals surface area contributed by atoms with E-state index in [0.717, 1.165) is 25.7 Å². The summed E-state index contributed by atoms with van der Waals surface area (Å²) < 4.78 is 28.3. The number of ether oxygens (including phenoxy) is 1. The second-order valence-corrected chi connectivity index (χ2v) is 8.23. The van der Waals surface area contributed by atoms with Crippen LogP contribution in [0.3, 0.4) is 0 Å². The highest BCUT2D eigenvalue weighted by atomic mass is 35.7. The van der Waals surface area contributed by atoms with E-state index >= 15 is 0 Å². The van der Waals surface area contributed by atoms with Gasteiger partial charge < -0.3 is 4.74 Å². The molecule has 0 spiro atoms. The van der Waals surface area contributed by atoms with Crippen LogP contribution in [0.4, 0.5) is 0 Å². The molecule has 1 fully saturated rings. The van der Waals surface area contributed by atoms with Gasteiger partial charge in [-0.15, -0.1) is 0 Å². The van der Waals surface area contributed by atoms with Crippen molar-refractivity contribution in [1.82, 2.24) is 0 Å². The van der Waals surface area contributed by atoms with E-state index in [9.17, 15) is 13.2 Å². The van der Waals surface area contributed by atoms with Gasteiger partial charge in [-0.2, -0.15) is 0 Å². The molecule has 0 amide bonds. The minimum atomic E-state index is -3.96. The SMILES string of the molecule is Cc1c(C(=O)OCC2CCCC2)cc(Cl)cc1S(=O)(=O)Cl. The monoisotopic (exact) mass is 350 g/mol. The highest BCUT2D eigenvalue weighted by Gasteiger charge is 2.23. The molecular weight excluding hydrogens is 335 g/mol. The molecule has 4 nitrogen and oxygen atoms in total. The van der Waals surface area contributed by atoms with Gasteiger partial charge in [0.2, 0.25) is 0 Å². The second-order valence-electron chi connectivity index (χ2n) is 5.26. The van der Waals surface area contributed by atoms with Crippen molar-refractivity contribution in [2.24, 2.45) is 5.92 Å². The highest BCUT2D eigenvalue weighted by molar-refractivity contribution is 8.13. The fraction of sp³-hybridized carbons (Fsp3) is 0.500. The number of hydrogen-bond acceptors (Lipinski definition) is 4. The van der Waals surface area contributed by atoms with Crippen molar-refractivity contribution in [3.63, 3.8) is 0 Å². The molecule has 0 aromatic heterocycles. The molecule has 1 aliphatic rings. The number of halogens is 2. The quantitative estimate of drug-likeness (QED) is 0.609. The fourth-order valence-electron chi connectivity index (χ4n) is 2.57. The summed E-state index contributed by atoms with van der Waals surface area (Å²) in [5.74, 6) is -0.173. The van der Waals surface area contributed by atoms with Crippen LogP contribution in [0, 0.1) is 12.8 Å². The van der Waals surface area contributed by atoms with Gasteiger partial charge in [-0.05, 0) is 43.4 Å². The summed E-state index contributed by atoms with van der Waals surface area (Å²) in [5.41, 5.74) is 0.394. The summed E-state index contributed by atoms with van der Waals surface area (Å²) in [5, 5.41) is 0.132. The normalized spacial score (nSPS) is 16.1. The molecule has 0 N–H and O–H groups in total. The molecule has 1 aliphatic carbocycles. The van der Waals surface area contributed by atoms with Crippen LogP contribution in [0.15, 0.2) is 17.0 Å². The Hall–Kier alpha value is -0.780. The molecule has 0 aliphatic heterocycles. The van der Waals surface area contributed by atoms with Gasteiger partial charge in [0.15, 0.2) is 0 Å². The first kappa shape index (κ1) is 16.6. The zero-order valence-corrected chi connectivity index (χ0v) is 13.9. The van der Waals surface area contributed by atoms with E-state index < -0.39 is 15.0 Å². The van der Waals surface area contributed by atoms with Crippen LogP contribution in [-0.2, 0) is 13.8 Å². The van der Waals surface area contributed by atoms with Crippen molar-refractivity contribution < 1.29 is 17.9 Å². The molecule has 0 radical (unpaired) electrons. The number of esters is 1. The predicted octanol–water partition coefficient (Wildman–Crippen LogP) is 3.92. The molecule has 116 valence electrons. The average Bonchev–Trinajstić information content (AvgIpc) is 2.90. The van der Waals surface area contributed by atoms with Crippen LogP contribution in [0.1, 0.15) is 41.6 Å². The summed E-state index contributed by atoms with van der Waals surface area (Å²) in [7, 11) is 1.39. The van der Waals surface area contributed by atoms with Crippen molar-refractivity contribution in [3.05, 3.63) is 28.3 Å². The molecule has 2 rings (SSSR count). The molecule has 1 aromatic carbocycles. The summed E-state index contributed by atoms with van der Waals surface area (Å²) in [6.45, 7) is 1.87. The van der Waals surface area contributed by atoms with E-state index in [-0.39, 0.29) is 21.0 Å². The zero-order chi connectivity index (χ0) is 15.6. The Morgan fingerprint density at radius 1 is 1.33 bits per heavy atom. The van der Waals surface area contributed by atoms with Crippen molar-refractivity contribution >= 4 is 37.3 Å². The maximum Gasteiger partial charge on any atom is 0.338 e. The van der Waals surface area contributed by atoms with Gasteiger partial charge in [0.1, 0.15) is 0 Å². The van der Waals surface area contributed by atoms with Gasteiger partial charge in [0.25, 0.3) is 9.05 Å². The van der Waals surface area contributed by atoms with Crippen molar-refractivity contribution in [2.45, 2.75) is 37.5 Å². The number of carbonyl (C=O) groups is 1. The fourth-order valence-corrected chi connectivity index (χ4v) is 4.07. The number of carbonyl (C=O) groups excluding carboxylic acids is 1. The molecule has 0 heterocycles. The molecule has 1 aromatic rings. The molecule has 0 atom stereocenters. The van der Waals surface area contributed by atoms with E-state index in [4.69, 9.17) is 27.0 Å². The smallest absolute Gasteiger partial charge is 0.338 e. The maximum atomic E-state index is 12.1. The molecule has 0 bridgehead atoms. The molecular formula is C14H16Cl2O4S. The minimum Gasteiger partial charge on any atom is -0.462 e. The Morgan fingerprint density at radius 3 is 2.52 bits per heavy atom. The van der Waals surface area contributed by atoms with Crippen molar-refractivity contribution in [2.75, 3.05) is 6.61 Å². The number of rotatable bonds is 4. The van der Waals surface area contributed by atoms with E-state index in [1.807, 2.05) is 0 Å². The lowest BCUT2D eigenvalue weighted by molar-refractivity contribution is 0.0441. The summed E-state index contributed by atoms with van der Waals surface area (Å²) >= 11 is 5.87. The molecule has 0 unspecified atom stereocenters. The lowest BCUT2D eigenvalue weighted by Crippen LogP contribution is -2.14. The van der Waals surface area contributed by atoms with E-state index in [1.165, 1.54) is 19.1 Å². The summed E-state index contributed by atoms with van der Waals surface area (Å²) in [6.07, 6.45) is 4.44. The minimum absolute atomic E-state index is 0.132. The Balaban J connectivity index is 2.22. The van der Waals surface area contributed by atoms with Crippen LogP contribution >= 0.6 is 22.3 Å². The predicted molar refractivity (Wildman–Crippen MR) is 81.5 cm³/mol. The summed E-state index contributed by atoms with van der Waals surface area (Å²) in [4.78, 5) is 12.0. The van der Waals surface area contributed by atoms with Crippen LogP contribution in [0.5, 0.6) is 0 Å². The lowest BCUT2D eigenvalue weighted by atomic mass is 10.1. The van der Waals surface area contributed by atoms with Gasteiger partial charge in [-0.25, -0.2) is 13.2 Å². The number of benzene rings is 1. The van der Waals surface area contributed by atoms with Crippen LogP contribution < -0.4 is 0 Å². The van der Waals surface area contributed by atoms with E-state index in [0.29, 0.717) is 12.5 Å². The van der Waals surface area contributed by atoms with Crippen molar-refractivity contribution in [1.29, 1.82) is 0 Å². The van der Waals surface area contributed by atoms with Crippen molar-refractivity contribution in [3.8, 4) is 0 Å². The largest absolute Gasteiger partial charge is 0.462 e. The van der Waals surface area contributed by atoms with E-state index in [1.54, 1.807) is 0 Å². The Morgan fingerprint density at radius 2 is 1.95 bits per heavy atom. The van der Waals surface area contributed by atoms with Crippen LogP contribution in [0.25, 0.3) is 0 Å². The molecule has 1 saturated carbocycles. The van der Waals surface area contributed by atoms with Gasteiger partial charge in [0, 0.05) is 15.7 Å². The summed E-state index contributed by atoms with van der Waals surface area (Å²) in [6, 6.07) is 2.63. The maximum absolute atomic E-state index is 12.1. The van der Waals surface area contributed by atoms with Crippen LogP contribution in [0.2, 0.25) is 5.02 Å². The Labute approximate surface area is 133 Å². The third-order valence-electron chi connectivity index (χ3n) is 3.73. The van der Waals surface area contributed by atoms with Gasteiger partial charge in [-0.3, -0.25) is 0 Å². The van der Waals surface area contributed by atoms with Gasteiger partial charge in [-0.1, -0.05) is 24.4 Å². The first-order chi connectivity index (χ1) is 9.79.